The third-order valence-electron chi connectivity index (χ3n) is 3.26. The van der Waals surface area contributed by atoms with E-state index >= 15 is 0 Å². The second-order valence-corrected chi connectivity index (χ2v) is 10.1. The van der Waals surface area contributed by atoms with Crippen molar-refractivity contribution in [1.29, 1.82) is 0 Å². The van der Waals surface area contributed by atoms with Crippen molar-refractivity contribution in [2.24, 2.45) is 0 Å². The summed E-state index contributed by atoms with van der Waals surface area (Å²) >= 11 is 7.74. The van der Waals surface area contributed by atoms with Crippen molar-refractivity contribution in [3.63, 3.8) is 0 Å². The molecular weight excluding hydrogens is 355 g/mol. The molecule has 0 aromatic heterocycles. The number of benzene rings is 3. The van der Waals surface area contributed by atoms with Gasteiger partial charge in [-0.25, -0.2) is 0 Å². The van der Waals surface area contributed by atoms with E-state index < -0.39 is 14.7 Å². The van der Waals surface area contributed by atoms with Crippen LogP contribution in [-0.4, -0.2) is 14.7 Å². The molecular formula is C18H15AsS2. The van der Waals surface area contributed by atoms with Gasteiger partial charge in [0.1, 0.15) is 0 Å². The summed E-state index contributed by atoms with van der Waals surface area (Å²) < 4.78 is 4.09. The summed E-state index contributed by atoms with van der Waals surface area (Å²) in [5.74, 6) is 0. The summed E-state index contributed by atoms with van der Waals surface area (Å²) in [6.07, 6.45) is 0. The topological polar surface area (TPSA) is 0 Å². The maximum atomic E-state index is 4.68. The molecule has 0 spiro atoms. The molecule has 0 radical (unpaired) electrons. The fourth-order valence-electron chi connectivity index (χ4n) is 2.29. The van der Waals surface area contributed by atoms with Crippen LogP contribution in [0, 0.1) is 0 Å². The Morgan fingerprint density at radius 1 is 0.524 bits per heavy atom. The Morgan fingerprint density at radius 2 is 0.952 bits per heavy atom. The summed E-state index contributed by atoms with van der Waals surface area (Å²) in [6.45, 7) is 0. The Labute approximate surface area is 141 Å². The van der Waals surface area contributed by atoms with E-state index in [9.17, 15) is 0 Å². The molecule has 3 aromatic rings. The first kappa shape index (κ1) is 14.8. The third kappa shape index (κ3) is 3.23. The van der Waals surface area contributed by atoms with E-state index in [0.717, 1.165) is 9.79 Å². The number of rotatable bonds is 3. The average molecular weight is 370 g/mol. The molecule has 0 atom stereocenters. The van der Waals surface area contributed by atoms with E-state index in [4.69, 9.17) is 0 Å². The third-order valence-corrected chi connectivity index (χ3v) is 10.2. The molecule has 104 valence electrons. The van der Waals surface area contributed by atoms with Gasteiger partial charge in [-0.1, -0.05) is 0 Å². The van der Waals surface area contributed by atoms with Gasteiger partial charge < -0.3 is 0 Å². The van der Waals surface area contributed by atoms with Crippen molar-refractivity contribution in [3.05, 3.63) is 78.9 Å². The molecule has 3 aromatic carbocycles. The maximum absolute atomic E-state index is 4.68. The SMILES string of the molecule is Sc1ccccc1[As](c1ccccc1)c1ccccc1S. The fraction of sp³-hybridized carbons (Fsp3) is 0. The van der Waals surface area contributed by atoms with Crippen LogP contribution in [0.3, 0.4) is 0 Å². The predicted molar refractivity (Wildman–Crippen MR) is 98.5 cm³/mol. The van der Waals surface area contributed by atoms with Crippen LogP contribution in [0.15, 0.2) is 88.7 Å². The van der Waals surface area contributed by atoms with Crippen LogP contribution in [0.4, 0.5) is 0 Å². The van der Waals surface area contributed by atoms with Gasteiger partial charge in [-0.15, -0.1) is 0 Å². The van der Waals surface area contributed by atoms with Gasteiger partial charge in [0.2, 0.25) is 0 Å². The average Bonchev–Trinajstić information content (AvgIpc) is 2.52. The van der Waals surface area contributed by atoms with Crippen molar-refractivity contribution >= 4 is 53.0 Å². The molecule has 0 fully saturated rings. The van der Waals surface area contributed by atoms with Crippen molar-refractivity contribution in [1.82, 2.24) is 0 Å². The Bertz CT molecular complexity index is 695. The minimum absolute atomic E-state index is 1.07. The molecule has 0 N–H and O–H groups in total. The molecule has 0 amide bonds. The first-order chi connectivity index (χ1) is 10.3. The molecule has 3 rings (SSSR count). The zero-order chi connectivity index (χ0) is 14.7. The molecule has 0 heterocycles. The first-order valence-electron chi connectivity index (χ1n) is 6.68. The normalized spacial score (nSPS) is 10.8. The Hall–Kier alpha value is -1.08. The van der Waals surface area contributed by atoms with Crippen LogP contribution in [-0.2, 0) is 0 Å². The summed E-state index contributed by atoms with van der Waals surface area (Å²) in [4.78, 5) is 2.14. The molecule has 0 unspecified atom stereocenters. The van der Waals surface area contributed by atoms with E-state index in [1.165, 1.54) is 13.1 Å². The molecule has 0 saturated carbocycles. The van der Waals surface area contributed by atoms with E-state index in [1.54, 1.807) is 0 Å². The van der Waals surface area contributed by atoms with Gasteiger partial charge in [0.05, 0.1) is 0 Å². The van der Waals surface area contributed by atoms with Gasteiger partial charge in [-0.05, 0) is 0 Å². The predicted octanol–water partition coefficient (Wildman–Crippen LogP) is 2.78. The Balaban J connectivity index is 2.22. The molecule has 0 aliphatic heterocycles. The van der Waals surface area contributed by atoms with E-state index in [0.29, 0.717) is 0 Å². The van der Waals surface area contributed by atoms with Gasteiger partial charge in [0.25, 0.3) is 0 Å². The van der Waals surface area contributed by atoms with Crippen molar-refractivity contribution in [2.75, 3.05) is 0 Å². The minimum atomic E-state index is -1.62. The molecule has 3 heteroatoms. The standard InChI is InChI=1S/C18H15AsS2/c20-17-12-6-4-10-15(17)19(14-8-2-1-3-9-14)16-11-5-7-13-18(16)21/h1-13,20-21H. The van der Waals surface area contributed by atoms with E-state index in [2.05, 4.69) is 92.0 Å². The second kappa shape index (κ2) is 6.79. The van der Waals surface area contributed by atoms with Gasteiger partial charge in [0, 0.05) is 0 Å². The Morgan fingerprint density at radius 3 is 1.43 bits per heavy atom. The van der Waals surface area contributed by atoms with E-state index in [-0.39, 0.29) is 0 Å². The monoisotopic (exact) mass is 370 g/mol. The van der Waals surface area contributed by atoms with Crippen molar-refractivity contribution < 1.29 is 0 Å². The first-order valence-corrected chi connectivity index (χ1v) is 10.4. The van der Waals surface area contributed by atoms with Crippen molar-refractivity contribution in [2.45, 2.75) is 9.79 Å². The molecule has 0 saturated heterocycles. The number of thiol groups is 2. The van der Waals surface area contributed by atoms with Crippen LogP contribution in [0.1, 0.15) is 0 Å². The zero-order valence-electron chi connectivity index (χ0n) is 11.3. The summed E-state index contributed by atoms with van der Waals surface area (Å²) in [7, 11) is 0. The van der Waals surface area contributed by atoms with Crippen LogP contribution in [0.2, 0.25) is 0 Å². The van der Waals surface area contributed by atoms with Crippen LogP contribution in [0.5, 0.6) is 0 Å². The second-order valence-electron chi connectivity index (χ2n) is 4.65. The van der Waals surface area contributed by atoms with Crippen LogP contribution in [0.25, 0.3) is 0 Å². The van der Waals surface area contributed by atoms with Gasteiger partial charge in [-0.3, -0.25) is 0 Å². The van der Waals surface area contributed by atoms with Crippen molar-refractivity contribution in [3.8, 4) is 0 Å². The van der Waals surface area contributed by atoms with Gasteiger partial charge in [-0.2, -0.15) is 0 Å². The number of hydrogen-bond donors (Lipinski definition) is 2. The summed E-state index contributed by atoms with van der Waals surface area (Å²) in [6, 6.07) is 27.6. The number of hydrogen-bond acceptors (Lipinski definition) is 2. The quantitative estimate of drug-likeness (QED) is 0.514. The molecule has 0 aliphatic carbocycles. The molecule has 21 heavy (non-hydrogen) atoms. The van der Waals surface area contributed by atoms with Gasteiger partial charge >= 0.3 is 142 Å². The molecule has 0 bridgehead atoms. The summed E-state index contributed by atoms with van der Waals surface area (Å²) in [5, 5.41) is 0. The van der Waals surface area contributed by atoms with Crippen LogP contribution >= 0.6 is 25.3 Å². The van der Waals surface area contributed by atoms with Crippen LogP contribution < -0.4 is 13.1 Å². The molecule has 0 nitrogen and oxygen atoms in total. The molecule has 0 aliphatic rings. The fourth-order valence-corrected chi connectivity index (χ4v) is 8.61. The van der Waals surface area contributed by atoms with E-state index in [1.807, 2.05) is 12.1 Å². The zero-order valence-corrected chi connectivity index (χ0v) is 15.0. The summed E-state index contributed by atoms with van der Waals surface area (Å²) in [5.41, 5.74) is 0. The Kier molecular flexibility index (Phi) is 4.80. The van der Waals surface area contributed by atoms with Gasteiger partial charge in [0.15, 0.2) is 0 Å².